The fourth-order valence-corrected chi connectivity index (χ4v) is 9.67. The monoisotopic (exact) mass is 410 g/mol. The van der Waals surface area contributed by atoms with Crippen molar-refractivity contribution >= 4 is 0 Å². The molecule has 0 aromatic rings. The first kappa shape index (κ1) is 21.3. The molecule has 0 unspecified atom stereocenters. The van der Waals surface area contributed by atoms with Gasteiger partial charge in [0, 0.05) is 0 Å². The van der Waals surface area contributed by atoms with Gasteiger partial charge in [0.05, 0.1) is 6.10 Å². The number of aliphatic hydroxyl groups excluding tert-OH is 1. The van der Waals surface area contributed by atoms with Crippen LogP contribution < -0.4 is 0 Å². The first-order valence-corrected chi connectivity index (χ1v) is 13.0. The highest BCUT2D eigenvalue weighted by Gasteiger charge is 2.66. The second-order valence-electron chi connectivity index (χ2n) is 14.1. The van der Waals surface area contributed by atoms with Crippen molar-refractivity contribution in [1.82, 2.24) is 0 Å². The third kappa shape index (κ3) is 2.57. The average molecular weight is 411 g/mol. The topological polar surface area (TPSA) is 20.2 Å². The van der Waals surface area contributed by atoms with E-state index in [1.807, 2.05) is 5.57 Å². The first-order valence-electron chi connectivity index (χ1n) is 13.0. The summed E-state index contributed by atoms with van der Waals surface area (Å²) in [7, 11) is 0. The quantitative estimate of drug-likeness (QED) is 0.431. The van der Waals surface area contributed by atoms with Crippen LogP contribution in [0.1, 0.15) is 113 Å². The van der Waals surface area contributed by atoms with Gasteiger partial charge >= 0.3 is 0 Å². The molecular formula is C29H46O. The van der Waals surface area contributed by atoms with E-state index in [4.69, 9.17) is 0 Å². The smallest absolute Gasteiger partial charge is 0.0594 e. The fourth-order valence-electron chi connectivity index (χ4n) is 9.67. The number of rotatable bonds is 0. The van der Waals surface area contributed by atoms with Gasteiger partial charge in [-0.05, 0) is 114 Å². The molecule has 30 heavy (non-hydrogen) atoms. The van der Waals surface area contributed by atoms with Crippen LogP contribution in [0.5, 0.6) is 0 Å². The molecule has 168 valence electrons. The summed E-state index contributed by atoms with van der Waals surface area (Å²) in [5.41, 5.74) is 6.96. The Kier molecular flexibility index (Phi) is 4.45. The molecule has 0 radical (unpaired) electrons. The van der Waals surface area contributed by atoms with Crippen molar-refractivity contribution in [3.8, 4) is 0 Å². The molecule has 0 bridgehead atoms. The van der Waals surface area contributed by atoms with Crippen molar-refractivity contribution in [3.05, 3.63) is 22.8 Å². The molecule has 0 aliphatic heterocycles. The van der Waals surface area contributed by atoms with Crippen LogP contribution in [0.4, 0.5) is 0 Å². The molecule has 5 aliphatic rings. The molecule has 2 fully saturated rings. The third-order valence-corrected chi connectivity index (χ3v) is 11.9. The van der Waals surface area contributed by atoms with Gasteiger partial charge in [0.2, 0.25) is 0 Å². The van der Waals surface area contributed by atoms with Crippen LogP contribution in [0.15, 0.2) is 22.8 Å². The number of hydrogen-bond acceptors (Lipinski definition) is 1. The zero-order chi connectivity index (χ0) is 21.7. The second-order valence-corrected chi connectivity index (χ2v) is 14.1. The van der Waals surface area contributed by atoms with Gasteiger partial charge < -0.3 is 5.11 Å². The van der Waals surface area contributed by atoms with E-state index in [0.29, 0.717) is 27.6 Å². The minimum Gasteiger partial charge on any atom is -0.393 e. The summed E-state index contributed by atoms with van der Waals surface area (Å²) in [4.78, 5) is 0. The van der Waals surface area contributed by atoms with Gasteiger partial charge in [0.25, 0.3) is 0 Å². The zero-order valence-electron chi connectivity index (χ0n) is 20.8. The average Bonchev–Trinajstić information content (AvgIpc) is 2.65. The highest BCUT2D eigenvalue weighted by Crippen LogP contribution is 2.73. The van der Waals surface area contributed by atoms with Crippen LogP contribution in [0.2, 0.25) is 0 Å². The lowest BCUT2D eigenvalue weighted by Crippen LogP contribution is -2.63. The van der Waals surface area contributed by atoms with Crippen LogP contribution >= 0.6 is 0 Å². The van der Waals surface area contributed by atoms with E-state index in [1.165, 1.54) is 57.8 Å². The molecule has 0 aromatic carbocycles. The zero-order valence-corrected chi connectivity index (χ0v) is 20.8. The predicted molar refractivity (Wildman–Crippen MR) is 126 cm³/mol. The lowest BCUT2D eigenvalue weighted by Gasteiger charge is -2.69. The lowest BCUT2D eigenvalue weighted by molar-refractivity contribution is -0.194. The van der Waals surface area contributed by atoms with Crippen LogP contribution in [0, 0.1) is 38.9 Å². The molecule has 5 rings (SSSR count). The minimum absolute atomic E-state index is 0.0505. The highest BCUT2D eigenvalue weighted by atomic mass is 16.3. The van der Waals surface area contributed by atoms with E-state index < -0.39 is 0 Å². The summed E-state index contributed by atoms with van der Waals surface area (Å²) >= 11 is 0. The standard InChI is InChI=1S/C29H46O/c1-25(2)14-10-19-11-16-28(6)21(20(19)18-25)8-9-23-27(5)15-13-24(30)26(3,4)22(27)12-17-29(23,28)7/h8,22-24,30H,9-18H2,1-7H3/t22-,23+,24-,27-,28+,29+/m0/s1. The van der Waals surface area contributed by atoms with Crippen molar-refractivity contribution < 1.29 is 5.11 Å². The Morgan fingerprint density at radius 3 is 2.27 bits per heavy atom. The van der Waals surface area contributed by atoms with Crippen LogP contribution in [-0.4, -0.2) is 11.2 Å². The highest BCUT2D eigenvalue weighted by molar-refractivity contribution is 5.48. The molecular weight excluding hydrogens is 364 g/mol. The fraction of sp³-hybridized carbons (Fsp3) is 0.862. The number of aliphatic hydroxyl groups is 1. The van der Waals surface area contributed by atoms with E-state index >= 15 is 0 Å². The first-order chi connectivity index (χ1) is 13.9. The second kappa shape index (κ2) is 6.27. The summed E-state index contributed by atoms with van der Waals surface area (Å²) in [5.74, 6) is 1.40. The minimum atomic E-state index is -0.128. The molecule has 1 nitrogen and oxygen atoms in total. The predicted octanol–water partition coefficient (Wildman–Crippen LogP) is 7.84. The summed E-state index contributed by atoms with van der Waals surface area (Å²) in [6.07, 6.45) is 15.4. The van der Waals surface area contributed by atoms with Crippen molar-refractivity contribution in [1.29, 1.82) is 0 Å². The number of hydrogen-bond donors (Lipinski definition) is 1. The largest absolute Gasteiger partial charge is 0.393 e. The molecule has 1 N–H and O–H groups in total. The molecule has 2 saturated carbocycles. The molecule has 0 saturated heterocycles. The van der Waals surface area contributed by atoms with Gasteiger partial charge in [0.15, 0.2) is 0 Å². The maximum Gasteiger partial charge on any atom is 0.0594 e. The van der Waals surface area contributed by atoms with Gasteiger partial charge in [-0.3, -0.25) is 0 Å². The van der Waals surface area contributed by atoms with Gasteiger partial charge in [-0.2, -0.15) is 0 Å². The third-order valence-electron chi connectivity index (χ3n) is 11.9. The van der Waals surface area contributed by atoms with E-state index in [9.17, 15) is 5.11 Å². The van der Waals surface area contributed by atoms with Crippen LogP contribution in [0.3, 0.4) is 0 Å². The van der Waals surface area contributed by atoms with E-state index in [-0.39, 0.29) is 11.5 Å². The maximum atomic E-state index is 10.8. The van der Waals surface area contributed by atoms with Crippen LogP contribution in [-0.2, 0) is 0 Å². The molecule has 0 heterocycles. The summed E-state index contributed by atoms with van der Waals surface area (Å²) < 4.78 is 0. The van der Waals surface area contributed by atoms with Gasteiger partial charge in [-0.15, -0.1) is 0 Å². The molecule has 0 amide bonds. The molecule has 5 aliphatic carbocycles. The Bertz CT molecular complexity index is 812. The summed E-state index contributed by atoms with van der Waals surface area (Å²) in [6, 6.07) is 0. The van der Waals surface area contributed by atoms with Gasteiger partial charge in [-0.25, -0.2) is 0 Å². The molecule has 6 atom stereocenters. The summed E-state index contributed by atoms with van der Waals surface area (Å²) in [6.45, 7) is 17.6. The van der Waals surface area contributed by atoms with Crippen molar-refractivity contribution in [2.24, 2.45) is 38.9 Å². The Balaban J connectivity index is 1.59. The Morgan fingerprint density at radius 1 is 0.833 bits per heavy atom. The van der Waals surface area contributed by atoms with Crippen molar-refractivity contribution in [2.75, 3.05) is 0 Å². The van der Waals surface area contributed by atoms with E-state index in [1.54, 1.807) is 11.1 Å². The van der Waals surface area contributed by atoms with E-state index in [0.717, 1.165) is 12.3 Å². The Morgan fingerprint density at radius 2 is 1.53 bits per heavy atom. The maximum absolute atomic E-state index is 10.8. The van der Waals surface area contributed by atoms with E-state index in [2.05, 4.69) is 54.5 Å². The summed E-state index contributed by atoms with van der Waals surface area (Å²) in [5, 5.41) is 10.8. The van der Waals surface area contributed by atoms with Gasteiger partial charge in [0.1, 0.15) is 0 Å². The molecule has 1 heteroatoms. The van der Waals surface area contributed by atoms with Gasteiger partial charge in [-0.1, -0.05) is 60.1 Å². The molecule has 0 aromatic heterocycles. The van der Waals surface area contributed by atoms with Crippen LogP contribution in [0.25, 0.3) is 0 Å². The lowest BCUT2D eigenvalue weighted by atomic mass is 9.35. The van der Waals surface area contributed by atoms with Crippen molar-refractivity contribution in [3.63, 3.8) is 0 Å². The molecule has 0 spiro atoms. The number of fused-ring (bicyclic) bond motifs is 6. The van der Waals surface area contributed by atoms with Crippen molar-refractivity contribution in [2.45, 2.75) is 119 Å². The SMILES string of the molecule is CC1(C)CCC2=C(C1)C1=CC[C@@H]3[C@@]4(C)CC[C@H](O)C(C)(C)[C@@H]4CC[C@@]3(C)[C@]1(C)CC2. The normalized spacial score (nSPS) is 49.3. The number of allylic oxidation sites excluding steroid dienone is 4. The Hall–Kier alpha value is -0.560. The Labute approximate surface area is 185 Å².